The number of hydrogen-bond acceptors (Lipinski definition) is 3. The van der Waals surface area contributed by atoms with Crippen LogP contribution in [0.3, 0.4) is 0 Å². The lowest BCUT2D eigenvalue weighted by Crippen LogP contribution is -2.32. The Bertz CT molecular complexity index is 279. The van der Waals surface area contributed by atoms with Crippen molar-refractivity contribution in [3.05, 3.63) is 0 Å². The maximum atomic E-state index is 10.6. The number of rotatable bonds is 4. The van der Waals surface area contributed by atoms with E-state index in [2.05, 4.69) is 13.8 Å². The molecule has 0 rings (SSSR count). The van der Waals surface area contributed by atoms with Gasteiger partial charge in [0.25, 0.3) is 0 Å². The van der Waals surface area contributed by atoms with Gasteiger partial charge in [-0.05, 0) is 18.3 Å². The van der Waals surface area contributed by atoms with E-state index in [0.717, 1.165) is 0 Å². The van der Waals surface area contributed by atoms with E-state index in [9.17, 15) is 18.0 Å². The summed E-state index contributed by atoms with van der Waals surface area (Å²) in [4.78, 5) is 19.2. The Morgan fingerprint density at radius 3 is 1.67 bits per heavy atom. The first-order valence-electron chi connectivity index (χ1n) is 5.18. The number of halogens is 3. The third-order valence-electron chi connectivity index (χ3n) is 2.32. The van der Waals surface area contributed by atoms with Crippen molar-refractivity contribution in [1.82, 2.24) is 0 Å². The Labute approximate surface area is 103 Å². The molecule has 2 atom stereocenters. The summed E-state index contributed by atoms with van der Waals surface area (Å²) in [5, 5.41) is 15.6. The second kappa shape index (κ2) is 7.91. The van der Waals surface area contributed by atoms with Crippen LogP contribution < -0.4 is 5.73 Å². The molecule has 18 heavy (non-hydrogen) atoms. The molecule has 0 bridgehead atoms. The van der Waals surface area contributed by atoms with Crippen LogP contribution in [-0.4, -0.2) is 34.4 Å². The Hall–Kier alpha value is -1.31. The molecule has 0 aromatic rings. The maximum Gasteiger partial charge on any atom is 0.490 e. The highest BCUT2D eigenvalue weighted by Gasteiger charge is 2.38. The van der Waals surface area contributed by atoms with Crippen molar-refractivity contribution in [2.24, 2.45) is 17.6 Å². The van der Waals surface area contributed by atoms with Gasteiger partial charge in [0, 0.05) is 0 Å². The van der Waals surface area contributed by atoms with E-state index in [0.29, 0.717) is 18.3 Å². The molecule has 5 nitrogen and oxygen atoms in total. The Kier molecular flexibility index (Phi) is 8.37. The molecule has 108 valence electrons. The van der Waals surface area contributed by atoms with Gasteiger partial charge in [0.15, 0.2) is 0 Å². The molecule has 0 aromatic carbocycles. The van der Waals surface area contributed by atoms with Gasteiger partial charge in [0.05, 0.1) is 0 Å². The zero-order valence-corrected chi connectivity index (χ0v) is 10.4. The van der Waals surface area contributed by atoms with Crippen LogP contribution in [0.15, 0.2) is 0 Å². The highest BCUT2D eigenvalue weighted by molar-refractivity contribution is 5.73. The number of carboxylic acid groups (broad SMARTS) is 2. The molecule has 0 radical (unpaired) electrons. The standard InChI is InChI=1S/C8H17NO2.C2HF3O2/c1-5(2)6(3)4-7(9)8(10)11;3-2(4,5)1(6)7/h5-7H,4,9H2,1-3H3,(H,10,11);(H,6,7)/t6?,7-;/m0./s1. The van der Waals surface area contributed by atoms with Gasteiger partial charge in [-0.15, -0.1) is 0 Å². The third kappa shape index (κ3) is 9.88. The Balaban J connectivity index is 0. The number of aliphatic carboxylic acids is 2. The van der Waals surface area contributed by atoms with Crippen molar-refractivity contribution >= 4 is 11.9 Å². The first kappa shape index (κ1) is 19.0. The van der Waals surface area contributed by atoms with Gasteiger partial charge in [-0.3, -0.25) is 4.79 Å². The zero-order chi connectivity index (χ0) is 15.1. The fourth-order valence-electron chi connectivity index (χ4n) is 0.774. The minimum absolute atomic E-state index is 0.376. The van der Waals surface area contributed by atoms with Crippen LogP contribution in [-0.2, 0) is 9.59 Å². The number of carbonyl (C=O) groups is 2. The zero-order valence-electron chi connectivity index (χ0n) is 10.4. The Morgan fingerprint density at radius 2 is 1.50 bits per heavy atom. The molecular formula is C10H18F3NO4. The molecule has 4 N–H and O–H groups in total. The van der Waals surface area contributed by atoms with Crippen molar-refractivity contribution in [3.63, 3.8) is 0 Å². The van der Waals surface area contributed by atoms with Crippen LogP contribution in [0.1, 0.15) is 27.2 Å². The summed E-state index contributed by atoms with van der Waals surface area (Å²) < 4.78 is 31.7. The number of carboxylic acids is 2. The van der Waals surface area contributed by atoms with Crippen LogP contribution in [0.25, 0.3) is 0 Å². The summed E-state index contributed by atoms with van der Waals surface area (Å²) in [5.41, 5.74) is 5.36. The predicted molar refractivity (Wildman–Crippen MR) is 57.9 cm³/mol. The molecule has 0 amide bonds. The highest BCUT2D eigenvalue weighted by Crippen LogP contribution is 2.15. The van der Waals surface area contributed by atoms with E-state index in [-0.39, 0.29) is 0 Å². The lowest BCUT2D eigenvalue weighted by atomic mass is 9.91. The lowest BCUT2D eigenvalue weighted by Gasteiger charge is -2.17. The van der Waals surface area contributed by atoms with Crippen LogP contribution in [0, 0.1) is 11.8 Å². The van der Waals surface area contributed by atoms with Gasteiger partial charge in [-0.25, -0.2) is 4.79 Å². The normalized spacial score (nSPS) is 14.4. The summed E-state index contributed by atoms with van der Waals surface area (Å²) in [6.07, 6.45) is -4.52. The number of nitrogens with two attached hydrogens (primary N) is 1. The Morgan fingerprint density at radius 1 is 1.17 bits per heavy atom. The molecule has 0 aliphatic heterocycles. The van der Waals surface area contributed by atoms with Crippen molar-refractivity contribution in [2.75, 3.05) is 0 Å². The average molecular weight is 273 g/mol. The van der Waals surface area contributed by atoms with E-state index >= 15 is 0 Å². The molecule has 0 heterocycles. The van der Waals surface area contributed by atoms with Gasteiger partial charge < -0.3 is 15.9 Å². The summed E-state index contributed by atoms with van der Waals surface area (Å²) in [5.74, 6) is -2.79. The minimum atomic E-state index is -5.08. The smallest absolute Gasteiger partial charge is 0.480 e. The molecule has 0 aromatic heterocycles. The molecule has 0 spiro atoms. The molecule has 0 aliphatic carbocycles. The summed E-state index contributed by atoms with van der Waals surface area (Å²) in [6.45, 7) is 6.16. The van der Waals surface area contributed by atoms with Crippen LogP contribution >= 0.6 is 0 Å². The molecular weight excluding hydrogens is 255 g/mol. The van der Waals surface area contributed by atoms with Crippen LogP contribution in [0.5, 0.6) is 0 Å². The summed E-state index contributed by atoms with van der Waals surface area (Å²) in [6, 6.07) is -0.701. The first-order valence-corrected chi connectivity index (χ1v) is 5.18. The topological polar surface area (TPSA) is 101 Å². The predicted octanol–water partition coefficient (Wildman–Crippen LogP) is 1.71. The number of alkyl halides is 3. The monoisotopic (exact) mass is 273 g/mol. The van der Waals surface area contributed by atoms with E-state index in [1.54, 1.807) is 0 Å². The fourth-order valence-corrected chi connectivity index (χ4v) is 0.774. The van der Waals surface area contributed by atoms with Gasteiger partial charge >= 0.3 is 18.1 Å². The second-order valence-electron chi connectivity index (χ2n) is 4.20. The summed E-state index contributed by atoms with van der Waals surface area (Å²) in [7, 11) is 0. The van der Waals surface area contributed by atoms with E-state index in [1.807, 2.05) is 6.92 Å². The van der Waals surface area contributed by atoms with Crippen molar-refractivity contribution in [2.45, 2.75) is 39.4 Å². The molecule has 8 heteroatoms. The minimum Gasteiger partial charge on any atom is -0.480 e. The maximum absolute atomic E-state index is 10.6. The van der Waals surface area contributed by atoms with E-state index < -0.39 is 24.2 Å². The van der Waals surface area contributed by atoms with Crippen LogP contribution in [0.2, 0.25) is 0 Å². The quantitative estimate of drug-likeness (QED) is 0.724. The molecule has 0 fully saturated rings. The summed E-state index contributed by atoms with van der Waals surface area (Å²) >= 11 is 0. The average Bonchev–Trinajstić information content (AvgIpc) is 2.16. The molecule has 0 aliphatic rings. The fraction of sp³-hybridized carbons (Fsp3) is 0.800. The molecule has 0 saturated carbocycles. The molecule has 0 saturated heterocycles. The number of hydrogen-bond donors (Lipinski definition) is 3. The third-order valence-corrected chi connectivity index (χ3v) is 2.32. The highest BCUT2D eigenvalue weighted by atomic mass is 19.4. The van der Waals surface area contributed by atoms with Crippen molar-refractivity contribution < 1.29 is 33.0 Å². The van der Waals surface area contributed by atoms with Crippen molar-refractivity contribution in [1.29, 1.82) is 0 Å². The second-order valence-corrected chi connectivity index (χ2v) is 4.20. The van der Waals surface area contributed by atoms with E-state index in [1.165, 1.54) is 0 Å². The van der Waals surface area contributed by atoms with Gasteiger partial charge in [-0.1, -0.05) is 20.8 Å². The van der Waals surface area contributed by atoms with Crippen LogP contribution in [0.4, 0.5) is 13.2 Å². The lowest BCUT2D eigenvalue weighted by molar-refractivity contribution is -0.192. The van der Waals surface area contributed by atoms with Gasteiger partial charge in [0.1, 0.15) is 6.04 Å². The largest absolute Gasteiger partial charge is 0.490 e. The van der Waals surface area contributed by atoms with Crippen molar-refractivity contribution in [3.8, 4) is 0 Å². The van der Waals surface area contributed by atoms with Gasteiger partial charge in [0.2, 0.25) is 0 Å². The first-order chi connectivity index (χ1) is 7.89. The molecule has 1 unspecified atom stereocenters. The SMILES string of the molecule is CC(C)C(C)C[C@H](N)C(=O)O.O=C(O)C(F)(F)F. The van der Waals surface area contributed by atoms with Gasteiger partial charge in [-0.2, -0.15) is 13.2 Å². The van der Waals surface area contributed by atoms with E-state index in [4.69, 9.17) is 20.7 Å².